The van der Waals surface area contributed by atoms with E-state index in [1.54, 1.807) is 29.4 Å². The van der Waals surface area contributed by atoms with E-state index in [0.29, 0.717) is 24.0 Å². The number of halogens is 1. The van der Waals surface area contributed by atoms with Crippen LogP contribution in [0.15, 0.2) is 82.6 Å². The summed E-state index contributed by atoms with van der Waals surface area (Å²) in [5.74, 6) is -0.160. The lowest BCUT2D eigenvalue weighted by atomic mass is 10.1. The molecule has 1 amide bonds. The highest BCUT2D eigenvalue weighted by Gasteiger charge is 2.17. The summed E-state index contributed by atoms with van der Waals surface area (Å²) in [6.07, 6.45) is 5.86. The fourth-order valence-corrected chi connectivity index (χ4v) is 3.90. The van der Waals surface area contributed by atoms with Gasteiger partial charge in [-0.3, -0.25) is 19.1 Å². The average molecular weight is 491 g/mol. The van der Waals surface area contributed by atoms with Gasteiger partial charge in [0.25, 0.3) is 5.56 Å². The van der Waals surface area contributed by atoms with Gasteiger partial charge in [0.05, 0.1) is 17.2 Å². The largest absolute Gasteiger partial charge is 0.332 e. The Kier molecular flexibility index (Phi) is 6.75. The zero-order valence-electron chi connectivity index (χ0n) is 17.7. The van der Waals surface area contributed by atoms with E-state index >= 15 is 0 Å². The summed E-state index contributed by atoms with van der Waals surface area (Å²) in [5, 5.41) is 0.476. The van der Waals surface area contributed by atoms with Gasteiger partial charge >= 0.3 is 0 Å². The second-order valence-corrected chi connectivity index (χ2v) is 8.54. The predicted octanol–water partition coefficient (Wildman–Crippen LogP) is 4.35. The summed E-state index contributed by atoms with van der Waals surface area (Å²) in [6.45, 7) is 2.88. The minimum atomic E-state index is -0.238. The number of nitrogens with zero attached hydrogens (tertiary/aromatic N) is 4. The lowest BCUT2D eigenvalue weighted by Crippen LogP contribution is -2.36. The van der Waals surface area contributed by atoms with Crippen molar-refractivity contribution >= 4 is 32.7 Å². The maximum Gasteiger partial charge on any atom is 0.261 e. The Morgan fingerprint density at radius 2 is 1.78 bits per heavy atom. The van der Waals surface area contributed by atoms with Crippen molar-refractivity contribution in [2.24, 2.45) is 0 Å². The molecule has 6 nitrogen and oxygen atoms in total. The molecule has 7 heteroatoms. The lowest BCUT2D eigenvalue weighted by molar-refractivity contribution is -0.133. The molecule has 0 spiro atoms. The van der Waals surface area contributed by atoms with Crippen LogP contribution < -0.4 is 5.56 Å². The predicted molar refractivity (Wildman–Crippen MR) is 128 cm³/mol. The first-order chi connectivity index (χ1) is 15.5. The number of pyridine rings is 1. The number of aromatic nitrogens is 3. The molecule has 0 saturated heterocycles. The van der Waals surface area contributed by atoms with Gasteiger partial charge in [0, 0.05) is 30.0 Å². The van der Waals surface area contributed by atoms with Gasteiger partial charge in [-0.2, -0.15) is 0 Å². The number of hydrogen-bond acceptors (Lipinski definition) is 4. The molecule has 4 rings (SSSR count). The van der Waals surface area contributed by atoms with Crippen molar-refractivity contribution in [2.75, 3.05) is 0 Å². The smallest absolute Gasteiger partial charge is 0.261 e. The fraction of sp³-hybridized carbons (Fsp3) is 0.200. The van der Waals surface area contributed by atoms with Gasteiger partial charge < -0.3 is 4.90 Å². The average Bonchev–Trinajstić information content (AvgIpc) is 2.82. The van der Waals surface area contributed by atoms with E-state index in [0.717, 1.165) is 22.0 Å². The first kappa shape index (κ1) is 21.9. The summed E-state index contributed by atoms with van der Waals surface area (Å²) in [6, 6.07) is 17.4. The van der Waals surface area contributed by atoms with Crippen LogP contribution in [0.4, 0.5) is 0 Å². The molecular weight excluding hydrogens is 468 g/mol. The Balaban J connectivity index is 1.61. The van der Waals surface area contributed by atoms with Crippen molar-refractivity contribution in [1.82, 2.24) is 19.4 Å². The first-order valence-corrected chi connectivity index (χ1v) is 11.2. The monoisotopic (exact) mass is 490 g/mol. The van der Waals surface area contributed by atoms with Gasteiger partial charge in [0.2, 0.25) is 5.91 Å². The van der Waals surface area contributed by atoms with Crippen LogP contribution >= 0.6 is 15.9 Å². The van der Waals surface area contributed by atoms with Crippen molar-refractivity contribution in [3.05, 3.63) is 105 Å². The van der Waals surface area contributed by atoms with Gasteiger partial charge in [-0.25, -0.2) is 4.98 Å². The third-order valence-corrected chi connectivity index (χ3v) is 5.84. The Hall–Kier alpha value is -3.32. The molecule has 0 aliphatic rings. The maximum absolute atomic E-state index is 13.3. The number of carbonyl (C=O) groups excluding carboxylic acids is 1. The Morgan fingerprint density at radius 3 is 2.50 bits per heavy atom. The molecule has 0 unspecified atom stereocenters. The molecule has 32 heavy (non-hydrogen) atoms. The van der Waals surface area contributed by atoms with Crippen molar-refractivity contribution in [3.63, 3.8) is 0 Å². The first-order valence-electron chi connectivity index (χ1n) is 10.4. The summed E-state index contributed by atoms with van der Waals surface area (Å²) in [4.78, 5) is 36.5. The number of benzene rings is 2. The number of rotatable bonds is 7. The van der Waals surface area contributed by atoms with Gasteiger partial charge in [-0.1, -0.05) is 53.2 Å². The molecule has 0 radical (unpaired) electrons. The third kappa shape index (κ3) is 5.11. The molecule has 2 aromatic heterocycles. The quantitative estimate of drug-likeness (QED) is 0.386. The molecule has 0 aliphatic heterocycles. The van der Waals surface area contributed by atoms with E-state index in [-0.39, 0.29) is 18.0 Å². The molecule has 0 saturated carbocycles. The molecule has 4 aromatic rings. The highest BCUT2D eigenvalue weighted by molar-refractivity contribution is 9.10. The zero-order chi connectivity index (χ0) is 22.5. The van der Waals surface area contributed by atoms with E-state index in [1.807, 2.05) is 30.3 Å². The van der Waals surface area contributed by atoms with Crippen molar-refractivity contribution in [1.29, 1.82) is 0 Å². The highest BCUT2D eigenvalue weighted by atomic mass is 79.9. The molecule has 0 aliphatic carbocycles. The summed E-state index contributed by atoms with van der Waals surface area (Å²) >= 11 is 3.39. The van der Waals surface area contributed by atoms with Crippen LogP contribution in [0.5, 0.6) is 0 Å². The number of aryl methyl sites for hydroxylation is 1. The Morgan fingerprint density at radius 1 is 1.03 bits per heavy atom. The summed E-state index contributed by atoms with van der Waals surface area (Å²) in [5.41, 5.74) is 3.58. The number of carbonyl (C=O) groups is 1. The van der Waals surface area contributed by atoms with Crippen LogP contribution in [-0.2, 0) is 30.8 Å². The minimum Gasteiger partial charge on any atom is -0.332 e. The minimum absolute atomic E-state index is 0.0818. The van der Waals surface area contributed by atoms with Crippen LogP contribution in [-0.4, -0.2) is 25.3 Å². The molecule has 162 valence electrons. The molecule has 0 N–H and O–H groups in total. The number of hydrogen-bond donors (Lipinski definition) is 0. The molecule has 2 aromatic carbocycles. The van der Waals surface area contributed by atoms with E-state index in [4.69, 9.17) is 0 Å². The van der Waals surface area contributed by atoms with Crippen LogP contribution in [0, 0.1) is 0 Å². The van der Waals surface area contributed by atoms with Gasteiger partial charge in [-0.05, 0) is 47.4 Å². The molecular formula is C25H23BrN4O2. The van der Waals surface area contributed by atoms with E-state index in [9.17, 15) is 9.59 Å². The Labute approximate surface area is 194 Å². The highest BCUT2D eigenvalue weighted by Crippen LogP contribution is 2.16. The molecule has 0 bridgehead atoms. The zero-order valence-corrected chi connectivity index (χ0v) is 19.3. The van der Waals surface area contributed by atoms with Crippen molar-refractivity contribution < 1.29 is 4.79 Å². The summed E-state index contributed by atoms with van der Waals surface area (Å²) in [7, 11) is 0. The number of fused-ring (bicyclic) bond motifs is 1. The van der Waals surface area contributed by atoms with Crippen LogP contribution in [0.3, 0.4) is 0 Å². The maximum atomic E-state index is 13.3. The van der Waals surface area contributed by atoms with Gasteiger partial charge in [0.1, 0.15) is 6.54 Å². The normalized spacial score (nSPS) is 10.9. The van der Waals surface area contributed by atoms with Gasteiger partial charge in [-0.15, -0.1) is 0 Å². The SMILES string of the molecule is CCc1ccc(CN(Cc2cccnc2)C(=O)Cn2cnc3ccc(Br)cc3c2=O)cc1. The van der Waals surface area contributed by atoms with E-state index in [1.165, 1.54) is 16.5 Å². The van der Waals surface area contributed by atoms with Crippen molar-refractivity contribution in [2.45, 2.75) is 33.0 Å². The molecule has 0 fully saturated rings. The molecule has 0 atom stereocenters. The lowest BCUT2D eigenvalue weighted by Gasteiger charge is -2.23. The third-order valence-electron chi connectivity index (χ3n) is 5.35. The fourth-order valence-electron chi connectivity index (χ4n) is 3.53. The summed E-state index contributed by atoms with van der Waals surface area (Å²) < 4.78 is 2.16. The standard InChI is InChI=1S/C25H23BrN4O2/c1-2-18-5-7-19(8-6-18)14-29(15-20-4-3-11-27-13-20)24(31)16-30-17-28-23-10-9-21(26)12-22(23)25(30)32/h3-13,17H,2,14-16H2,1H3. The van der Waals surface area contributed by atoms with Gasteiger partial charge in [0.15, 0.2) is 0 Å². The second kappa shape index (κ2) is 9.87. The van der Waals surface area contributed by atoms with Crippen LogP contribution in [0.2, 0.25) is 0 Å². The van der Waals surface area contributed by atoms with Crippen LogP contribution in [0.1, 0.15) is 23.6 Å². The number of amides is 1. The second-order valence-electron chi connectivity index (χ2n) is 7.62. The van der Waals surface area contributed by atoms with E-state index in [2.05, 4.69) is 45.0 Å². The topological polar surface area (TPSA) is 68.1 Å². The Bertz CT molecular complexity index is 1290. The van der Waals surface area contributed by atoms with E-state index < -0.39 is 0 Å². The van der Waals surface area contributed by atoms with Crippen molar-refractivity contribution in [3.8, 4) is 0 Å². The van der Waals surface area contributed by atoms with Crippen LogP contribution in [0.25, 0.3) is 10.9 Å². The molecule has 2 heterocycles.